The maximum absolute atomic E-state index is 12.8. The molecule has 1 aliphatic heterocycles. The normalized spacial score (nSPS) is 20.5. The average molecular weight is 399 g/mol. The Morgan fingerprint density at radius 1 is 1.17 bits per heavy atom. The highest BCUT2D eigenvalue weighted by Gasteiger charge is 2.29. The van der Waals surface area contributed by atoms with Crippen LogP contribution in [0.1, 0.15) is 77.8 Å². The molecule has 0 aromatic heterocycles. The monoisotopic (exact) mass is 398 g/mol. The van der Waals surface area contributed by atoms with Gasteiger partial charge in [-0.3, -0.25) is 10.1 Å². The molecule has 0 atom stereocenters. The molecule has 0 radical (unpaired) electrons. The molecule has 0 bridgehead atoms. The lowest BCUT2D eigenvalue weighted by atomic mass is 9.83. The fourth-order valence-electron chi connectivity index (χ4n) is 4.22. The molecule has 1 aromatic carbocycles. The van der Waals surface area contributed by atoms with Crippen LogP contribution in [0, 0.1) is 5.92 Å². The molecular weight excluding hydrogens is 364 g/mol. The zero-order valence-electron chi connectivity index (χ0n) is 18.4. The smallest absolute Gasteiger partial charge is 0.412 e. The number of carbonyl (C=O) groups is 2. The molecular formula is C24H34N2O3. The van der Waals surface area contributed by atoms with Gasteiger partial charge in [0.15, 0.2) is 5.78 Å². The minimum absolute atomic E-state index is 0.152. The number of anilines is 1. The van der Waals surface area contributed by atoms with Crippen molar-refractivity contribution in [2.75, 3.05) is 5.32 Å². The number of benzene rings is 1. The minimum Gasteiger partial charge on any atom is -0.444 e. The number of hydrogen-bond donors (Lipinski definition) is 2. The van der Waals surface area contributed by atoms with Crippen LogP contribution in [0.5, 0.6) is 0 Å². The summed E-state index contributed by atoms with van der Waals surface area (Å²) in [7, 11) is 0. The first kappa shape index (κ1) is 21.4. The third-order valence-corrected chi connectivity index (χ3v) is 5.44. The second kappa shape index (κ2) is 8.21. The fourth-order valence-corrected chi connectivity index (χ4v) is 4.22. The largest absolute Gasteiger partial charge is 0.444 e. The summed E-state index contributed by atoms with van der Waals surface area (Å²) < 4.78 is 5.35. The highest BCUT2D eigenvalue weighted by atomic mass is 16.6. The van der Waals surface area contributed by atoms with Gasteiger partial charge in [-0.25, -0.2) is 4.79 Å². The highest BCUT2D eigenvalue weighted by Crippen LogP contribution is 2.33. The van der Waals surface area contributed by atoms with Gasteiger partial charge in [0.2, 0.25) is 0 Å². The van der Waals surface area contributed by atoms with Gasteiger partial charge in [-0.1, -0.05) is 25.3 Å². The Hall–Kier alpha value is -2.30. The van der Waals surface area contributed by atoms with Gasteiger partial charge in [0.05, 0.1) is 0 Å². The first-order chi connectivity index (χ1) is 13.5. The summed E-state index contributed by atoms with van der Waals surface area (Å²) in [6.45, 7) is 9.78. The van der Waals surface area contributed by atoms with E-state index in [4.69, 9.17) is 4.74 Å². The van der Waals surface area contributed by atoms with E-state index in [1.807, 2.05) is 39.0 Å². The Morgan fingerprint density at radius 3 is 2.52 bits per heavy atom. The zero-order valence-corrected chi connectivity index (χ0v) is 18.4. The summed E-state index contributed by atoms with van der Waals surface area (Å²) in [5.41, 5.74) is 3.02. The Morgan fingerprint density at radius 2 is 1.86 bits per heavy atom. The van der Waals surface area contributed by atoms with Gasteiger partial charge in [0.25, 0.3) is 0 Å². The second-order valence-electron chi connectivity index (χ2n) is 9.98. The van der Waals surface area contributed by atoms with E-state index < -0.39 is 11.7 Å². The lowest BCUT2D eigenvalue weighted by molar-refractivity contribution is -0.119. The van der Waals surface area contributed by atoms with Crippen molar-refractivity contribution in [3.05, 3.63) is 35.4 Å². The quantitative estimate of drug-likeness (QED) is 0.665. The van der Waals surface area contributed by atoms with Gasteiger partial charge >= 0.3 is 6.09 Å². The van der Waals surface area contributed by atoms with Gasteiger partial charge in [0.1, 0.15) is 5.60 Å². The number of fused-ring (bicyclic) bond motifs is 1. The lowest BCUT2D eigenvalue weighted by Crippen LogP contribution is -2.44. The van der Waals surface area contributed by atoms with Gasteiger partial charge < -0.3 is 10.1 Å². The predicted octanol–water partition coefficient (Wildman–Crippen LogP) is 5.45. The highest BCUT2D eigenvalue weighted by molar-refractivity contribution is 5.99. The molecule has 1 aliphatic carbocycles. The third kappa shape index (κ3) is 5.84. The van der Waals surface area contributed by atoms with Crippen molar-refractivity contribution in [3.63, 3.8) is 0 Å². The molecule has 0 unspecified atom stereocenters. The number of rotatable bonds is 3. The summed E-state index contributed by atoms with van der Waals surface area (Å²) in [6, 6.07) is 5.83. The van der Waals surface area contributed by atoms with E-state index in [1.165, 1.54) is 6.42 Å². The number of amides is 1. The Balaban J connectivity index is 1.83. The molecule has 1 amide bonds. The van der Waals surface area contributed by atoms with Gasteiger partial charge in [-0.05, 0) is 71.6 Å². The van der Waals surface area contributed by atoms with Gasteiger partial charge in [-0.15, -0.1) is 0 Å². The van der Waals surface area contributed by atoms with Crippen molar-refractivity contribution >= 4 is 23.3 Å². The number of hydrogen-bond acceptors (Lipinski definition) is 4. The van der Waals surface area contributed by atoms with E-state index >= 15 is 0 Å². The Bertz CT molecular complexity index is 812. The number of nitrogens with one attached hydrogen (secondary N) is 2. The maximum Gasteiger partial charge on any atom is 0.412 e. The molecule has 0 spiro atoms. The van der Waals surface area contributed by atoms with E-state index in [0.717, 1.165) is 48.9 Å². The van der Waals surface area contributed by atoms with Crippen LogP contribution in [-0.4, -0.2) is 23.0 Å². The number of ketones is 1. The molecule has 5 nitrogen and oxygen atoms in total. The third-order valence-electron chi connectivity index (χ3n) is 5.44. The van der Waals surface area contributed by atoms with Crippen molar-refractivity contribution < 1.29 is 14.3 Å². The topological polar surface area (TPSA) is 67.4 Å². The van der Waals surface area contributed by atoms with E-state index in [1.54, 1.807) is 6.08 Å². The van der Waals surface area contributed by atoms with Crippen molar-refractivity contribution in [2.45, 2.75) is 84.3 Å². The Labute approximate surface area is 174 Å². The zero-order chi connectivity index (χ0) is 21.2. The van der Waals surface area contributed by atoms with Crippen LogP contribution in [0.4, 0.5) is 10.5 Å². The SMILES string of the molecule is CC1(C)Cc2cc(NC(=O)OC(C)(C)C)ccc2/C(=C/C(=O)C2CCCCC2)N1. The van der Waals surface area contributed by atoms with Crippen LogP contribution in [0.3, 0.4) is 0 Å². The van der Waals surface area contributed by atoms with Crippen molar-refractivity contribution in [2.24, 2.45) is 5.92 Å². The first-order valence-corrected chi connectivity index (χ1v) is 10.7. The summed E-state index contributed by atoms with van der Waals surface area (Å²) >= 11 is 0. The van der Waals surface area contributed by atoms with Crippen LogP contribution in [0.15, 0.2) is 24.3 Å². The molecule has 158 valence electrons. The molecule has 3 rings (SSSR count). The van der Waals surface area contributed by atoms with Crippen LogP contribution in [0.2, 0.25) is 0 Å². The number of ether oxygens (including phenoxy) is 1. The maximum atomic E-state index is 12.8. The molecule has 5 heteroatoms. The number of allylic oxidation sites excluding steroid dienone is 1. The summed E-state index contributed by atoms with van der Waals surface area (Å²) in [6.07, 6.45) is 7.67. The van der Waals surface area contributed by atoms with Gasteiger partial charge in [-0.2, -0.15) is 0 Å². The molecule has 0 saturated heterocycles. The van der Waals surface area contributed by atoms with Crippen LogP contribution < -0.4 is 10.6 Å². The van der Waals surface area contributed by atoms with Crippen molar-refractivity contribution in [3.8, 4) is 0 Å². The minimum atomic E-state index is -0.542. The van der Waals surface area contributed by atoms with Crippen molar-refractivity contribution in [1.82, 2.24) is 5.32 Å². The molecule has 1 fully saturated rings. The number of carbonyl (C=O) groups excluding carboxylic acids is 2. The van der Waals surface area contributed by atoms with Crippen molar-refractivity contribution in [1.29, 1.82) is 0 Å². The Kier molecular flexibility index (Phi) is 6.06. The fraction of sp³-hybridized carbons (Fsp3) is 0.583. The summed E-state index contributed by atoms with van der Waals surface area (Å²) in [5, 5.41) is 6.35. The van der Waals surface area contributed by atoms with Crippen LogP contribution >= 0.6 is 0 Å². The standard InChI is InChI=1S/C24H34N2O3/c1-23(2,3)29-22(28)25-18-11-12-19-17(13-18)15-24(4,5)26-20(19)14-21(27)16-9-7-6-8-10-16/h11-14,16,26H,6-10,15H2,1-5H3,(H,25,28)/b20-14-. The average Bonchev–Trinajstić information content (AvgIpc) is 2.59. The molecule has 1 saturated carbocycles. The van der Waals surface area contributed by atoms with E-state index in [9.17, 15) is 9.59 Å². The molecule has 2 aliphatic rings. The molecule has 1 aromatic rings. The van der Waals surface area contributed by atoms with Crippen LogP contribution in [-0.2, 0) is 16.0 Å². The van der Waals surface area contributed by atoms with Crippen LogP contribution in [0.25, 0.3) is 5.70 Å². The molecule has 1 heterocycles. The first-order valence-electron chi connectivity index (χ1n) is 10.7. The van der Waals surface area contributed by atoms with Gasteiger partial charge in [0, 0.05) is 34.5 Å². The van der Waals surface area contributed by atoms with E-state index in [0.29, 0.717) is 5.69 Å². The predicted molar refractivity (Wildman–Crippen MR) is 117 cm³/mol. The summed E-state index contributed by atoms with van der Waals surface area (Å²) in [4.78, 5) is 24.9. The second-order valence-corrected chi connectivity index (χ2v) is 9.98. The molecule has 2 N–H and O–H groups in total. The lowest BCUT2D eigenvalue weighted by Gasteiger charge is -2.36. The van der Waals surface area contributed by atoms with E-state index in [2.05, 4.69) is 24.5 Å². The molecule has 29 heavy (non-hydrogen) atoms. The van der Waals surface area contributed by atoms with E-state index in [-0.39, 0.29) is 17.2 Å². The summed E-state index contributed by atoms with van der Waals surface area (Å²) in [5.74, 6) is 0.381.